The van der Waals surface area contributed by atoms with E-state index in [1.165, 1.54) is 30.1 Å². The molecule has 0 saturated carbocycles. The number of nitrogens with one attached hydrogen (secondary N) is 2. The Morgan fingerprint density at radius 3 is 2.74 bits per heavy atom. The molecule has 12 heteroatoms. The maximum absolute atomic E-state index is 12.7. The van der Waals surface area contributed by atoms with Crippen LogP contribution in [0, 0.1) is 0 Å². The zero-order valence-electron chi connectivity index (χ0n) is 14.0. The number of alkyl halides is 3. The molecular formula is C15H16F3N7OS. The summed E-state index contributed by atoms with van der Waals surface area (Å²) < 4.78 is 38.2. The fourth-order valence-electron chi connectivity index (χ4n) is 2.09. The highest BCUT2D eigenvalue weighted by Crippen LogP contribution is 2.30. The van der Waals surface area contributed by atoms with Crippen molar-refractivity contribution in [3.63, 3.8) is 0 Å². The van der Waals surface area contributed by atoms with E-state index in [-0.39, 0.29) is 24.0 Å². The largest absolute Gasteiger partial charge is 0.416 e. The number of nitrogens with zero attached hydrogens (tertiary/aromatic N) is 3. The molecule has 144 valence electrons. The third-order valence-corrected chi connectivity index (χ3v) is 3.91. The van der Waals surface area contributed by atoms with Gasteiger partial charge in [0.2, 0.25) is 11.9 Å². The number of hydrogen-bond acceptors (Lipinski definition) is 8. The summed E-state index contributed by atoms with van der Waals surface area (Å²) in [6.45, 7) is -0.272. The van der Waals surface area contributed by atoms with Gasteiger partial charge in [-0.05, 0) is 24.5 Å². The molecule has 27 heavy (non-hydrogen) atoms. The van der Waals surface area contributed by atoms with Gasteiger partial charge in [0.25, 0.3) is 0 Å². The van der Waals surface area contributed by atoms with Gasteiger partial charge in [-0.2, -0.15) is 23.3 Å². The van der Waals surface area contributed by atoms with E-state index in [4.69, 9.17) is 11.6 Å². The van der Waals surface area contributed by atoms with E-state index < -0.39 is 17.6 Å². The van der Waals surface area contributed by atoms with Crippen LogP contribution in [-0.2, 0) is 11.0 Å². The van der Waals surface area contributed by atoms with Crippen LogP contribution >= 0.6 is 11.8 Å². The van der Waals surface area contributed by atoms with Gasteiger partial charge in [-0.15, -0.1) is 11.8 Å². The molecule has 8 nitrogen and oxygen atoms in total. The lowest BCUT2D eigenvalue weighted by Gasteiger charge is -2.12. The van der Waals surface area contributed by atoms with Crippen LogP contribution in [0.2, 0.25) is 0 Å². The van der Waals surface area contributed by atoms with Gasteiger partial charge >= 0.3 is 6.18 Å². The normalized spacial score (nSPS) is 11.6. The van der Waals surface area contributed by atoms with E-state index in [9.17, 15) is 18.0 Å². The minimum absolute atomic E-state index is 0.0192. The van der Waals surface area contributed by atoms with Gasteiger partial charge < -0.3 is 22.2 Å². The molecule has 0 spiro atoms. The maximum Gasteiger partial charge on any atom is 0.416 e. The number of anilines is 3. The van der Waals surface area contributed by atoms with Crippen LogP contribution in [-0.4, -0.2) is 34.9 Å². The molecule has 1 aromatic carbocycles. The minimum Gasteiger partial charge on any atom is -0.368 e. The minimum atomic E-state index is -4.50. The Bertz CT molecular complexity index is 858. The number of nitrogens with two attached hydrogens (primary N) is 2. The van der Waals surface area contributed by atoms with Crippen molar-refractivity contribution in [1.29, 1.82) is 0 Å². The van der Waals surface area contributed by atoms with Crippen molar-refractivity contribution in [1.82, 2.24) is 9.97 Å². The monoisotopic (exact) mass is 399 g/mol. The molecule has 1 heterocycles. The number of nitrogen functional groups attached to an aromatic ring is 1. The van der Waals surface area contributed by atoms with Crippen LogP contribution in [0.3, 0.4) is 0 Å². The summed E-state index contributed by atoms with van der Waals surface area (Å²) in [5.41, 5.74) is 5.23. The van der Waals surface area contributed by atoms with Crippen LogP contribution in [0.25, 0.3) is 0 Å². The molecule has 0 unspecified atom stereocenters. The van der Waals surface area contributed by atoms with Gasteiger partial charge in [-0.25, -0.2) is 4.98 Å². The Balaban J connectivity index is 2.11. The van der Waals surface area contributed by atoms with Crippen molar-refractivity contribution in [3.05, 3.63) is 35.4 Å². The number of hydrazone groups is 1. The quantitative estimate of drug-likeness (QED) is 0.192. The van der Waals surface area contributed by atoms with Crippen LogP contribution in [0.5, 0.6) is 0 Å². The highest BCUT2D eigenvalue weighted by atomic mass is 32.2. The summed E-state index contributed by atoms with van der Waals surface area (Å²) in [6.07, 6.45) is -1.43. The lowest BCUT2D eigenvalue weighted by Crippen LogP contribution is -2.23. The molecule has 0 aliphatic carbocycles. The second-order valence-corrected chi connectivity index (χ2v) is 5.91. The number of halogens is 3. The SMILES string of the molecule is CSc1nc(N)nc(NCC(=O)Nc2cccc(C(F)(F)F)c2)c1/C=N\N. The topological polar surface area (TPSA) is 131 Å². The highest BCUT2D eigenvalue weighted by Gasteiger charge is 2.30. The molecule has 0 aliphatic heterocycles. The standard InChI is InChI=1S/C15H16F3N7OS/c1-27-13-10(6-22-20)12(24-14(19)25-13)21-7-11(26)23-9-4-2-3-8(5-9)15(16,17)18/h2-6H,7,20H2,1H3,(H,23,26)(H3,19,21,24,25)/b22-6-. The number of benzene rings is 1. The summed E-state index contributed by atoms with van der Waals surface area (Å²) >= 11 is 1.28. The van der Waals surface area contributed by atoms with Crippen LogP contribution in [0.15, 0.2) is 34.4 Å². The Labute approximate surface area is 156 Å². The van der Waals surface area contributed by atoms with Crippen molar-refractivity contribution in [2.24, 2.45) is 10.9 Å². The van der Waals surface area contributed by atoms with E-state index >= 15 is 0 Å². The number of carbonyl (C=O) groups is 1. The van der Waals surface area contributed by atoms with E-state index in [2.05, 4.69) is 25.7 Å². The van der Waals surface area contributed by atoms with Gasteiger partial charge in [0.05, 0.1) is 23.9 Å². The lowest BCUT2D eigenvalue weighted by atomic mass is 10.2. The zero-order valence-corrected chi connectivity index (χ0v) is 14.9. The van der Waals surface area contributed by atoms with Crippen molar-refractivity contribution in [2.45, 2.75) is 11.2 Å². The Morgan fingerprint density at radius 2 is 2.11 bits per heavy atom. The van der Waals surface area contributed by atoms with Crippen LogP contribution < -0.4 is 22.2 Å². The maximum atomic E-state index is 12.7. The van der Waals surface area contributed by atoms with Crippen molar-refractivity contribution in [2.75, 3.05) is 29.2 Å². The number of rotatable bonds is 6. The van der Waals surface area contributed by atoms with Crippen LogP contribution in [0.4, 0.5) is 30.6 Å². The summed E-state index contributed by atoms with van der Waals surface area (Å²) in [4.78, 5) is 20.1. The Kier molecular flexibility index (Phi) is 6.45. The molecule has 0 atom stereocenters. The first-order valence-corrected chi connectivity index (χ1v) is 8.62. The van der Waals surface area contributed by atoms with E-state index in [0.29, 0.717) is 10.6 Å². The molecule has 0 saturated heterocycles. The van der Waals surface area contributed by atoms with Crippen molar-refractivity contribution >= 4 is 41.3 Å². The van der Waals surface area contributed by atoms with Crippen LogP contribution in [0.1, 0.15) is 11.1 Å². The van der Waals surface area contributed by atoms with E-state index in [1.807, 2.05) is 0 Å². The first kappa shape index (κ1) is 20.3. The molecule has 6 N–H and O–H groups in total. The Hall–Kier alpha value is -3.02. The fourth-order valence-corrected chi connectivity index (χ4v) is 2.64. The third-order valence-electron chi connectivity index (χ3n) is 3.22. The number of carbonyl (C=O) groups excluding carboxylic acids is 1. The summed E-state index contributed by atoms with van der Waals surface area (Å²) in [6, 6.07) is 4.32. The average Bonchev–Trinajstić information content (AvgIpc) is 2.61. The van der Waals surface area contributed by atoms with Crippen molar-refractivity contribution in [3.8, 4) is 0 Å². The summed E-state index contributed by atoms with van der Waals surface area (Å²) in [5, 5.41) is 9.06. The van der Waals surface area contributed by atoms with E-state index in [1.54, 1.807) is 6.26 Å². The van der Waals surface area contributed by atoms with Crippen molar-refractivity contribution < 1.29 is 18.0 Å². The molecule has 2 rings (SSSR count). The predicted molar refractivity (Wildman–Crippen MR) is 98.6 cm³/mol. The highest BCUT2D eigenvalue weighted by molar-refractivity contribution is 7.98. The molecule has 1 aromatic heterocycles. The van der Waals surface area contributed by atoms with Gasteiger partial charge in [0.15, 0.2) is 0 Å². The van der Waals surface area contributed by atoms with Gasteiger partial charge in [-0.3, -0.25) is 4.79 Å². The first-order valence-electron chi connectivity index (χ1n) is 7.40. The van der Waals surface area contributed by atoms with Gasteiger partial charge in [0, 0.05) is 5.69 Å². The molecule has 0 fully saturated rings. The van der Waals surface area contributed by atoms with Gasteiger partial charge in [0.1, 0.15) is 10.8 Å². The molecule has 1 amide bonds. The summed E-state index contributed by atoms with van der Waals surface area (Å²) in [7, 11) is 0. The number of amides is 1. The summed E-state index contributed by atoms with van der Waals surface area (Å²) in [5.74, 6) is 4.80. The number of hydrogen-bond donors (Lipinski definition) is 4. The first-order chi connectivity index (χ1) is 12.7. The second kappa shape index (κ2) is 8.58. The molecule has 0 bridgehead atoms. The average molecular weight is 399 g/mol. The smallest absolute Gasteiger partial charge is 0.368 e. The molecular weight excluding hydrogens is 383 g/mol. The molecule has 0 radical (unpaired) electrons. The molecule has 2 aromatic rings. The Morgan fingerprint density at radius 1 is 1.37 bits per heavy atom. The fraction of sp³-hybridized carbons (Fsp3) is 0.200. The van der Waals surface area contributed by atoms with E-state index in [0.717, 1.165) is 12.1 Å². The molecule has 0 aliphatic rings. The second-order valence-electron chi connectivity index (χ2n) is 5.11. The zero-order chi connectivity index (χ0) is 20.0. The predicted octanol–water partition coefficient (Wildman–Crippen LogP) is 2.14. The lowest BCUT2D eigenvalue weighted by molar-refractivity contribution is -0.137. The number of aromatic nitrogens is 2. The third kappa shape index (κ3) is 5.48. The van der Waals surface area contributed by atoms with Gasteiger partial charge in [-0.1, -0.05) is 6.07 Å². The number of thioether (sulfide) groups is 1.